The molecule has 0 bridgehead atoms. The van der Waals surface area contributed by atoms with Gasteiger partial charge in [-0.2, -0.15) is 0 Å². The number of fused-ring (bicyclic) bond motifs is 8. The molecule has 0 radical (unpaired) electrons. The van der Waals surface area contributed by atoms with Crippen molar-refractivity contribution < 1.29 is 0 Å². The number of para-hydroxylation sites is 1. The monoisotopic (exact) mass is 563 g/mol. The van der Waals surface area contributed by atoms with E-state index in [-0.39, 0.29) is 5.41 Å². The van der Waals surface area contributed by atoms with Crippen LogP contribution in [0.3, 0.4) is 0 Å². The Morgan fingerprint density at radius 1 is 0.545 bits per heavy atom. The van der Waals surface area contributed by atoms with Crippen LogP contribution in [-0.4, -0.2) is 14.5 Å². The number of rotatable bonds is 3. The predicted molar refractivity (Wildman–Crippen MR) is 182 cm³/mol. The Balaban J connectivity index is 1.45. The normalized spacial score (nSPS) is 13.4. The van der Waals surface area contributed by atoms with E-state index in [4.69, 9.17) is 9.97 Å². The molecule has 6 aromatic carbocycles. The summed E-state index contributed by atoms with van der Waals surface area (Å²) in [5.74, 6) is 0.735. The van der Waals surface area contributed by atoms with E-state index >= 15 is 0 Å². The smallest absolute Gasteiger partial charge is 0.160 e. The van der Waals surface area contributed by atoms with E-state index in [9.17, 15) is 0 Å². The lowest BCUT2D eigenvalue weighted by atomic mass is 9.85. The maximum atomic E-state index is 5.26. The Bertz CT molecular complexity index is 2400. The Hall–Kier alpha value is -5.54. The summed E-state index contributed by atoms with van der Waals surface area (Å²) in [6.45, 7) is 4.72. The molecule has 0 spiro atoms. The van der Waals surface area contributed by atoms with Crippen molar-refractivity contribution in [2.45, 2.75) is 19.3 Å². The summed E-state index contributed by atoms with van der Waals surface area (Å²) >= 11 is 0. The van der Waals surface area contributed by atoms with Gasteiger partial charge in [0.05, 0.1) is 22.4 Å². The number of hydrogen-bond acceptors (Lipinski definition) is 2. The number of hydrogen-bond donors (Lipinski definition) is 0. The minimum Gasteiger partial charge on any atom is -0.311 e. The lowest BCUT2D eigenvalue weighted by Crippen LogP contribution is -2.20. The summed E-state index contributed by atoms with van der Waals surface area (Å²) in [5, 5.41) is 4.62. The van der Waals surface area contributed by atoms with Crippen LogP contribution < -0.4 is 0 Å². The average molecular weight is 564 g/mol. The SMILES string of the molecule is CC1(C)c2ccccc2-c2c1n(-c1cc3c(-c4ccccc4)nc(-c4ccccc4)nc3c3ccccc13)c1ccccc21. The Morgan fingerprint density at radius 3 is 1.93 bits per heavy atom. The zero-order valence-corrected chi connectivity index (χ0v) is 24.6. The quantitative estimate of drug-likeness (QED) is 0.200. The minimum atomic E-state index is -0.184. The van der Waals surface area contributed by atoms with Crippen LogP contribution in [0.4, 0.5) is 0 Å². The van der Waals surface area contributed by atoms with Crippen LogP contribution in [0.5, 0.6) is 0 Å². The van der Waals surface area contributed by atoms with E-state index in [2.05, 4.69) is 140 Å². The van der Waals surface area contributed by atoms with Gasteiger partial charge in [0, 0.05) is 49.3 Å². The predicted octanol–water partition coefficient (Wildman–Crippen LogP) is 10.4. The van der Waals surface area contributed by atoms with Crippen LogP contribution in [0.2, 0.25) is 0 Å². The summed E-state index contributed by atoms with van der Waals surface area (Å²) in [4.78, 5) is 10.5. The van der Waals surface area contributed by atoms with Gasteiger partial charge >= 0.3 is 0 Å². The largest absolute Gasteiger partial charge is 0.311 e. The van der Waals surface area contributed by atoms with Gasteiger partial charge in [0.2, 0.25) is 0 Å². The summed E-state index contributed by atoms with van der Waals surface area (Å²) in [5.41, 5.74) is 11.5. The highest BCUT2D eigenvalue weighted by Gasteiger charge is 2.41. The van der Waals surface area contributed by atoms with Crippen LogP contribution in [0.1, 0.15) is 25.1 Å². The molecule has 9 rings (SSSR count). The molecule has 8 aromatic rings. The first-order valence-electron chi connectivity index (χ1n) is 15.2. The molecule has 2 heterocycles. The third kappa shape index (κ3) is 3.44. The molecule has 3 heteroatoms. The molecule has 0 fully saturated rings. The number of nitrogens with zero attached hydrogens (tertiary/aromatic N) is 3. The molecule has 1 aliphatic carbocycles. The van der Waals surface area contributed by atoms with Crippen LogP contribution in [0, 0.1) is 0 Å². The zero-order chi connectivity index (χ0) is 29.4. The van der Waals surface area contributed by atoms with Crippen molar-refractivity contribution in [2.24, 2.45) is 0 Å². The van der Waals surface area contributed by atoms with E-state index in [0.29, 0.717) is 0 Å². The molecule has 0 unspecified atom stereocenters. The molecule has 44 heavy (non-hydrogen) atoms. The van der Waals surface area contributed by atoms with Crippen molar-refractivity contribution >= 4 is 32.6 Å². The fraction of sp³-hybridized carbons (Fsp3) is 0.0732. The van der Waals surface area contributed by atoms with E-state index in [1.807, 2.05) is 18.2 Å². The van der Waals surface area contributed by atoms with Gasteiger partial charge in [0.15, 0.2) is 5.82 Å². The zero-order valence-electron chi connectivity index (χ0n) is 24.6. The molecule has 0 amide bonds. The molecule has 208 valence electrons. The molecule has 2 aromatic heterocycles. The molecule has 0 aliphatic heterocycles. The van der Waals surface area contributed by atoms with E-state index in [1.165, 1.54) is 38.7 Å². The van der Waals surface area contributed by atoms with Crippen molar-refractivity contribution in [2.75, 3.05) is 0 Å². The van der Waals surface area contributed by atoms with Crippen LogP contribution in [0.25, 0.3) is 72.0 Å². The topological polar surface area (TPSA) is 30.7 Å². The van der Waals surface area contributed by atoms with Crippen LogP contribution >= 0.6 is 0 Å². The summed E-state index contributed by atoms with van der Waals surface area (Å²) in [7, 11) is 0. The number of aromatic nitrogens is 3. The first kappa shape index (κ1) is 25.0. The highest BCUT2D eigenvalue weighted by atomic mass is 15.0. The Labute approximate surface area is 256 Å². The van der Waals surface area contributed by atoms with Gasteiger partial charge in [0.25, 0.3) is 0 Å². The van der Waals surface area contributed by atoms with Crippen molar-refractivity contribution in [1.29, 1.82) is 0 Å². The maximum Gasteiger partial charge on any atom is 0.160 e. The molecule has 0 atom stereocenters. The molecule has 3 nitrogen and oxygen atoms in total. The van der Waals surface area contributed by atoms with Gasteiger partial charge in [-0.15, -0.1) is 0 Å². The van der Waals surface area contributed by atoms with Gasteiger partial charge in [-0.1, -0.05) is 141 Å². The molecule has 0 saturated heterocycles. The van der Waals surface area contributed by atoms with Gasteiger partial charge in [-0.3, -0.25) is 0 Å². The Morgan fingerprint density at radius 2 is 1.16 bits per heavy atom. The third-order valence-electron chi connectivity index (χ3n) is 9.34. The second-order valence-electron chi connectivity index (χ2n) is 12.2. The third-order valence-corrected chi connectivity index (χ3v) is 9.34. The first-order chi connectivity index (χ1) is 21.6. The molecule has 0 saturated carbocycles. The highest BCUT2D eigenvalue weighted by Crippen LogP contribution is 2.54. The summed E-state index contributed by atoms with van der Waals surface area (Å²) < 4.78 is 2.52. The van der Waals surface area contributed by atoms with E-state index < -0.39 is 0 Å². The van der Waals surface area contributed by atoms with Crippen LogP contribution in [-0.2, 0) is 5.41 Å². The fourth-order valence-electron chi connectivity index (χ4n) is 7.38. The standard InChI is InChI=1S/C41H29N3/c1-41(2)33-23-13-11-21-30(33)36-31-22-12-14-24-34(31)44(39(36)41)35-25-32-37(26-15-5-3-6-16-26)42-40(27-17-7-4-8-18-27)43-38(32)29-20-10-9-19-28(29)35/h3-25H,1-2H3. The lowest BCUT2D eigenvalue weighted by Gasteiger charge is -2.25. The van der Waals surface area contributed by atoms with Gasteiger partial charge in [-0.25, -0.2) is 9.97 Å². The molecule has 0 N–H and O–H groups in total. The van der Waals surface area contributed by atoms with Gasteiger partial charge < -0.3 is 4.57 Å². The second-order valence-corrected chi connectivity index (χ2v) is 12.2. The molecule has 1 aliphatic rings. The summed E-state index contributed by atoms with van der Waals surface area (Å²) in [6.07, 6.45) is 0. The number of benzene rings is 6. The highest BCUT2D eigenvalue weighted by molar-refractivity contribution is 6.14. The first-order valence-corrected chi connectivity index (χ1v) is 15.2. The summed E-state index contributed by atoms with van der Waals surface area (Å²) in [6, 6.07) is 49.6. The second kappa shape index (κ2) is 9.23. The van der Waals surface area contributed by atoms with Crippen molar-refractivity contribution in [3.63, 3.8) is 0 Å². The minimum absolute atomic E-state index is 0.184. The van der Waals surface area contributed by atoms with E-state index in [0.717, 1.165) is 44.6 Å². The van der Waals surface area contributed by atoms with Gasteiger partial charge in [0.1, 0.15) is 0 Å². The molecular formula is C41H29N3. The van der Waals surface area contributed by atoms with Crippen LogP contribution in [0.15, 0.2) is 140 Å². The molecular weight excluding hydrogens is 534 g/mol. The maximum absolute atomic E-state index is 5.26. The van der Waals surface area contributed by atoms with Crippen molar-refractivity contribution in [3.8, 4) is 39.5 Å². The Kier molecular flexibility index (Phi) is 5.24. The van der Waals surface area contributed by atoms with E-state index in [1.54, 1.807) is 0 Å². The fourth-order valence-corrected chi connectivity index (χ4v) is 7.38. The average Bonchev–Trinajstić information content (AvgIpc) is 3.55. The lowest BCUT2D eigenvalue weighted by molar-refractivity contribution is 0.624. The van der Waals surface area contributed by atoms with Gasteiger partial charge in [-0.05, 0) is 23.3 Å². The van der Waals surface area contributed by atoms with Crippen molar-refractivity contribution in [3.05, 3.63) is 151 Å². The van der Waals surface area contributed by atoms with Crippen molar-refractivity contribution in [1.82, 2.24) is 14.5 Å².